The molecule has 0 aliphatic carbocycles. The van der Waals surface area contributed by atoms with Crippen LogP contribution in [0.3, 0.4) is 0 Å². The van der Waals surface area contributed by atoms with Crippen LogP contribution in [-0.2, 0) is 20.5 Å². The van der Waals surface area contributed by atoms with E-state index in [4.69, 9.17) is 4.52 Å². The number of nitrogens with zero attached hydrogens (tertiary/aromatic N) is 1. The van der Waals surface area contributed by atoms with Gasteiger partial charge in [0.05, 0.1) is 0 Å². The molecule has 108 valence electrons. The maximum Gasteiger partial charge on any atom is 0.616 e. The van der Waals surface area contributed by atoms with Crippen molar-refractivity contribution in [3.63, 3.8) is 0 Å². The summed E-state index contributed by atoms with van der Waals surface area (Å²) >= 11 is 0. The summed E-state index contributed by atoms with van der Waals surface area (Å²) in [6.45, 7) is 1.99. The zero-order valence-corrected chi connectivity index (χ0v) is 12.5. The van der Waals surface area contributed by atoms with Crippen molar-refractivity contribution >= 4 is 14.5 Å². The van der Waals surface area contributed by atoms with Gasteiger partial charge >= 0.3 is 8.18 Å². The summed E-state index contributed by atoms with van der Waals surface area (Å²) in [6, 6.07) is 9.78. The standard InChI is InChI=1S/C15H21NO3P/c17-12-4-7-14-8-10-16(11-9-14)20(18)19-13-15-5-2-1-3-6-15/h1-3,5-6,12,14H,4,7-11,13H2/q+1. The number of carbonyl (C=O) groups is 1. The number of benzene rings is 1. The van der Waals surface area contributed by atoms with E-state index >= 15 is 0 Å². The number of hydrogen-bond donors (Lipinski definition) is 0. The van der Waals surface area contributed by atoms with Crippen molar-refractivity contribution in [2.75, 3.05) is 13.1 Å². The molecule has 4 nitrogen and oxygen atoms in total. The smallest absolute Gasteiger partial charge is 0.303 e. The first-order valence-corrected chi connectivity index (χ1v) is 8.25. The van der Waals surface area contributed by atoms with E-state index in [2.05, 4.69) is 0 Å². The van der Waals surface area contributed by atoms with E-state index in [0.29, 0.717) is 18.9 Å². The summed E-state index contributed by atoms with van der Waals surface area (Å²) in [5, 5.41) is 0. The van der Waals surface area contributed by atoms with Gasteiger partial charge in [0, 0.05) is 19.5 Å². The van der Waals surface area contributed by atoms with Crippen LogP contribution >= 0.6 is 8.18 Å². The van der Waals surface area contributed by atoms with Gasteiger partial charge in [0.2, 0.25) is 0 Å². The van der Waals surface area contributed by atoms with Crippen LogP contribution in [0.2, 0.25) is 0 Å². The molecule has 0 bridgehead atoms. The molecule has 0 saturated carbocycles. The quantitative estimate of drug-likeness (QED) is 0.570. The molecule has 0 amide bonds. The zero-order valence-electron chi connectivity index (χ0n) is 11.6. The number of carbonyl (C=O) groups excluding carboxylic acids is 1. The highest BCUT2D eigenvalue weighted by molar-refractivity contribution is 7.36. The van der Waals surface area contributed by atoms with E-state index in [1.54, 1.807) is 0 Å². The van der Waals surface area contributed by atoms with Crippen LogP contribution in [0.4, 0.5) is 0 Å². The Bertz CT molecular complexity index is 430. The predicted molar refractivity (Wildman–Crippen MR) is 78.4 cm³/mol. The van der Waals surface area contributed by atoms with Gasteiger partial charge in [-0.25, -0.2) is 0 Å². The molecule has 1 unspecified atom stereocenters. The van der Waals surface area contributed by atoms with Gasteiger partial charge in [0.25, 0.3) is 0 Å². The molecule has 1 aliphatic heterocycles. The van der Waals surface area contributed by atoms with E-state index in [1.807, 2.05) is 35.0 Å². The van der Waals surface area contributed by atoms with Crippen LogP contribution in [0, 0.1) is 5.92 Å². The molecule has 0 radical (unpaired) electrons. The normalized spacial score (nSPS) is 17.9. The molecule has 1 atom stereocenters. The average Bonchev–Trinajstić information content (AvgIpc) is 2.52. The highest BCUT2D eigenvalue weighted by Crippen LogP contribution is 2.35. The highest BCUT2D eigenvalue weighted by Gasteiger charge is 2.34. The second-order valence-corrected chi connectivity index (χ2v) is 6.44. The van der Waals surface area contributed by atoms with Gasteiger partial charge in [-0.1, -0.05) is 35.0 Å². The summed E-state index contributed by atoms with van der Waals surface area (Å²) in [4.78, 5) is 10.4. The van der Waals surface area contributed by atoms with Crippen LogP contribution in [0.25, 0.3) is 0 Å². The molecule has 1 aromatic carbocycles. The Morgan fingerprint density at radius 1 is 1.25 bits per heavy atom. The summed E-state index contributed by atoms with van der Waals surface area (Å²) < 4.78 is 19.5. The molecule has 5 heteroatoms. The lowest BCUT2D eigenvalue weighted by molar-refractivity contribution is -0.108. The Labute approximate surface area is 121 Å². The lowest BCUT2D eigenvalue weighted by Crippen LogP contribution is -2.28. The lowest BCUT2D eigenvalue weighted by Gasteiger charge is -2.23. The minimum atomic E-state index is -1.74. The number of hydrogen-bond acceptors (Lipinski definition) is 3. The number of rotatable bonds is 7. The fourth-order valence-corrected chi connectivity index (χ4v) is 3.44. The van der Waals surface area contributed by atoms with E-state index in [-0.39, 0.29) is 0 Å². The van der Waals surface area contributed by atoms with Gasteiger partial charge < -0.3 is 4.79 Å². The Kier molecular flexibility index (Phi) is 6.31. The van der Waals surface area contributed by atoms with Crippen LogP contribution in [0.1, 0.15) is 31.2 Å². The molecule has 0 spiro atoms. The molecule has 1 aromatic rings. The first-order valence-electron chi connectivity index (χ1n) is 7.12. The minimum Gasteiger partial charge on any atom is -0.303 e. The van der Waals surface area contributed by atoms with Crippen LogP contribution < -0.4 is 0 Å². The molecular weight excluding hydrogens is 273 g/mol. The lowest BCUT2D eigenvalue weighted by atomic mass is 9.93. The SMILES string of the molecule is O=CCCC1CCN([P+](=O)OCc2ccccc2)CC1. The van der Waals surface area contributed by atoms with Crippen LogP contribution in [0.5, 0.6) is 0 Å². The van der Waals surface area contributed by atoms with E-state index in [1.165, 1.54) is 0 Å². The van der Waals surface area contributed by atoms with Crippen molar-refractivity contribution in [1.29, 1.82) is 0 Å². The Balaban J connectivity index is 1.70. The predicted octanol–water partition coefficient (Wildman–Crippen LogP) is 3.55. The first-order chi connectivity index (χ1) is 9.79. The maximum absolute atomic E-state index is 12.1. The van der Waals surface area contributed by atoms with Gasteiger partial charge in [-0.3, -0.25) is 0 Å². The van der Waals surface area contributed by atoms with Crippen molar-refractivity contribution in [3.05, 3.63) is 35.9 Å². The summed E-state index contributed by atoms with van der Waals surface area (Å²) in [5.41, 5.74) is 1.04. The third kappa shape index (κ3) is 4.78. The summed E-state index contributed by atoms with van der Waals surface area (Å²) in [5.74, 6) is 0.592. The first kappa shape index (κ1) is 15.3. The van der Waals surface area contributed by atoms with Crippen molar-refractivity contribution in [3.8, 4) is 0 Å². The summed E-state index contributed by atoms with van der Waals surface area (Å²) in [6.07, 6.45) is 4.59. The highest BCUT2D eigenvalue weighted by atomic mass is 31.1. The Morgan fingerprint density at radius 2 is 1.95 bits per heavy atom. The molecule has 1 fully saturated rings. The molecule has 20 heavy (non-hydrogen) atoms. The average molecular weight is 294 g/mol. The fourth-order valence-electron chi connectivity index (χ4n) is 2.46. The van der Waals surface area contributed by atoms with Crippen LogP contribution in [-0.4, -0.2) is 24.0 Å². The topological polar surface area (TPSA) is 46.6 Å². The Morgan fingerprint density at radius 3 is 2.60 bits per heavy atom. The van der Waals surface area contributed by atoms with E-state index < -0.39 is 8.18 Å². The monoisotopic (exact) mass is 294 g/mol. The second-order valence-electron chi connectivity index (χ2n) is 5.14. The fraction of sp³-hybridized carbons (Fsp3) is 0.533. The molecule has 1 heterocycles. The second kappa shape index (κ2) is 8.25. The molecule has 0 aromatic heterocycles. The van der Waals surface area contributed by atoms with E-state index in [0.717, 1.165) is 44.2 Å². The van der Waals surface area contributed by atoms with Gasteiger partial charge in [0.1, 0.15) is 12.9 Å². The zero-order chi connectivity index (χ0) is 14.2. The van der Waals surface area contributed by atoms with Gasteiger partial charge in [-0.2, -0.15) is 0 Å². The maximum atomic E-state index is 12.1. The molecule has 2 rings (SSSR count). The van der Waals surface area contributed by atoms with Crippen LogP contribution in [0.15, 0.2) is 30.3 Å². The van der Waals surface area contributed by atoms with Gasteiger partial charge in [-0.05, 0) is 35.3 Å². The molecule has 1 aliphatic rings. The molecular formula is C15H21NO3P+. The minimum absolute atomic E-state index is 0.390. The summed E-state index contributed by atoms with van der Waals surface area (Å²) in [7, 11) is -1.74. The molecule has 0 N–H and O–H groups in total. The van der Waals surface area contributed by atoms with E-state index in [9.17, 15) is 9.36 Å². The van der Waals surface area contributed by atoms with Crippen molar-refractivity contribution in [2.24, 2.45) is 5.92 Å². The molecule has 1 saturated heterocycles. The third-order valence-corrected chi connectivity index (χ3v) is 4.91. The third-order valence-electron chi connectivity index (χ3n) is 3.70. The van der Waals surface area contributed by atoms with Crippen molar-refractivity contribution < 1.29 is 13.9 Å². The van der Waals surface area contributed by atoms with Crippen molar-refractivity contribution in [2.45, 2.75) is 32.3 Å². The van der Waals surface area contributed by atoms with Crippen molar-refractivity contribution in [1.82, 2.24) is 4.67 Å². The van der Waals surface area contributed by atoms with Gasteiger partial charge in [-0.15, -0.1) is 4.52 Å². The number of piperidine rings is 1. The van der Waals surface area contributed by atoms with Gasteiger partial charge in [0.15, 0.2) is 0 Å². The Hall–Kier alpha value is -1.09. The largest absolute Gasteiger partial charge is 0.616 e. The number of aldehydes is 1.